The molecule has 3 rings (SSSR count). The predicted octanol–water partition coefficient (Wildman–Crippen LogP) is 1.90. The zero-order chi connectivity index (χ0) is 18.5. The minimum Gasteiger partial charge on any atom is -0.465 e. The van der Waals surface area contributed by atoms with E-state index in [2.05, 4.69) is 25.8 Å². The fraction of sp³-hybridized carbons (Fsp3) is 0.294. The van der Waals surface area contributed by atoms with Gasteiger partial charge in [-0.05, 0) is 25.1 Å². The van der Waals surface area contributed by atoms with E-state index in [4.69, 9.17) is 9.15 Å². The number of aromatic nitrogens is 3. The molecule has 2 N–H and O–H groups in total. The van der Waals surface area contributed by atoms with Crippen molar-refractivity contribution in [3.05, 3.63) is 53.4 Å². The van der Waals surface area contributed by atoms with E-state index >= 15 is 0 Å². The van der Waals surface area contributed by atoms with Crippen molar-refractivity contribution in [3.8, 4) is 0 Å². The number of pyridine rings is 1. The number of carbonyl (C=O) groups excluding carboxylic acids is 1. The second-order valence-corrected chi connectivity index (χ2v) is 5.50. The molecule has 144 valence electrons. The summed E-state index contributed by atoms with van der Waals surface area (Å²) in [7, 11) is 3.01. The quantitative estimate of drug-likeness (QED) is 0.247. The molecule has 0 amide bonds. The molecule has 0 saturated heterocycles. The molecule has 0 bridgehead atoms. The van der Waals surface area contributed by atoms with Gasteiger partial charge >= 0.3 is 5.97 Å². The summed E-state index contributed by atoms with van der Waals surface area (Å²) in [6.07, 6.45) is 1.91. The summed E-state index contributed by atoms with van der Waals surface area (Å²) < 4.78 is 12.2. The van der Waals surface area contributed by atoms with Crippen LogP contribution in [0.4, 0.5) is 0 Å². The number of esters is 1. The number of furan rings is 1. The molecule has 0 aliphatic carbocycles. The second kappa shape index (κ2) is 9.35. The van der Waals surface area contributed by atoms with Crippen molar-refractivity contribution in [1.29, 1.82) is 0 Å². The first-order chi connectivity index (χ1) is 12.6. The molecule has 3 aromatic rings. The highest BCUT2D eigenvalue weighted by atomic mass is 127. The SMILES string of the molecule is CN=C(NCc1cc(C(=O)OC)c(C)o1)NCc1nnc2ccccn12.I. The van der Waals surface area contributed by atoms with Crippen LogP contribution < -0.4 is 10.6 Å². The highest BCUT2D eigenvalue weighted by Crippen LogP contribution is 2.15. The first-order valence-electron chi connectivity index (χ1n) is 8.03. The maximum atomic E-state index is 11.6. The Morgan fingerprint density at radius 3 is 2.81 bits per heavy atom. The molecule has 9 nitrogen and oxygen atoms in total. The van der Waals surface area contributed by atoms with Gasteiger partial charge in [-0.3, -0.25) is 9.39 Å². The molecule has 3 heterocycles. The topological polar surface area (TPSA) is 106 Å². The Kier molecular flexibility index (Phi) is 7.16. The van der Waals surface area contributed by atoms with Crippen LogP contribution in [0.2, 0.25) is 0 Å². The number of carbonyl (C=O) groups is 1. The van der Waals surface area contributed by atoms with Gasteiger partial charge in [0.05, 0.1) is 20.2 Å². The lowest BCUT2D eigenvalue weighted by atomic mass is 10.2. The van der Waals surface area contributed by atoms with Gasteiger partial charge in [0.2, 0.25) is 0 Å². The summed E-state index contributed by atoms with van der Waals surface area (Å²) in [4.78, 5) is 15.8. The molecule has 0 unspecified atom stereocenters. The average Bonchev–Trinajstić information content (AvgIpc) is 3.24. The molecule has 0 saturated carbocycles. The molecule has 0 aliphatic rings. The zero-order valence-electron chi connectivity index (χ0n) is 15.2. The minimum absolute atomic E-state index is 0. The smallest absolute Gasteiger partial charge is 0.341 e. The number of fused-ring (bicyclic) bond motifs is 1. The molecule has 3 aromatic heterocycles. The third-order valence-electron chi connectivity index (χ3n) is 3.83. The number of nitrogens with one attached hydrogen (secondary N) is 2. The molecular formula is C17H21IN6O3. The Morgan fingerprint density at radius 1 is 1.30 bits per heavy atom. The third kappa shape index (κ3) is 4.76. The van der Waals surface area contributed by atoms with Gasteiger partial charge in [-0.25, -0.2) is 4.79 Å². The van der Waals surface area contributed by atoms with Crippen molar-refractivity contribution in [1.82, 2.24) is 25.2 Å². The highest BCUT2D eigenvalue weighted by Gasteiger charge is 2.15. The van der Waals surface area contributed by atoms with Crippen molar-refractivity contribution < 1.29 is 13.9 Å². The van der Waals surface area contributed by atoms with Crippen LogP contribution in [0, 0.1) is 6.92 Å². The van der Waals surface area contributed by atoms with Gasteiger partial charge in [0.25, 0.3) is 0 Å². The maximum Gasteiger partial charge on any atom is 0.341 e. The van der Waals surface area contributed by atoms with E-state index in [1.165, 1.54) is 7.11 Å². The summed E-state index contributed by atoms with van der Waals surface area (Å²) in [6, 6.07) is 7.38. The number of halogens is 1. The van der Waals surface area contributed by atoms with Crippen LogP contribution >= 0.6 is 24.0 Å². The number of guanidine groups is 1. The van der Waals surface area contributed by atoms with Gasteiger partial charge in [0, 0.05) is 13.2 Å². The first-order valence-corrected chi connectivity index (χ1v) is 8.03. The van der Waals surface area contributed by atoms with E-state index < -0.39 is 5.97 Å². The second-order valence-electron chi connectivity index (χ2n) is 5.50. The van der Waals surface area contributed by atoms with Crippen molar-refractivity contribution in [2.45, 2.75) is 20.0 Å². The average molecular weight is 484 g/mol. The van der Waals surface area contributed by atoms with Crippen molar-refractivity contribution in [2.75, 3.05) is 14.2 Å². The van der Waals surface area contributed by atoms with Gasteiger partial charge in [-0.2, -0.15) is 0 Å². The Balaban J connectivity index is 0.00000261. The standard InChI is InChI=1S/C17H20N6O3.HI/c1-11-13(16(24)25-3)8-12(26-11)9-19-17(18-2)20-10-15-22-21-14-6-4-5-7-23(14)15;/h4-8H,9-10H2,1-3H3,(H2,18,19,20);1H. The van der Waals surface area contributed by atoms with Crippen molar-refractivity contribution in [2.24, 2.45) is 4.99 Å². The summed E-state index contributed by atoms with van der Waals surface area (Å²) >= 11 is 0. The van der Waals surface area contributed by atoms with Gasteiger partial charge in [0.15, 0.2) is 17.4 Å². The lowest BCUT2D eigenvalue weighted by molar-refractivity contribution is 0.0599. The van der Waals surface area contributed by atoms with Crippen LogP contribution in [-0.2, 0) is 17.8 Å². The highest BCUT2D eigenvalue weighted by molar-refractivity contribution is 14.0. The van der Waals surface area contributed by atoms with E-state index in [1.807, 2.05) is 28.8 Å². The Bertz CT molecular complexity index is 949. The van der Waals surface area contributed by atoms with Crippen LogP contribution in [0.15, 0.2) is 39.9 Å². The van der Waals surface area contributed by atoms with E-state index in [-0.39, 0.29) is 24.0 Å². The van der Waals surface area contributed by atoms with E-state index in [1.54, 1.807) is 20.0 Å². The van der Waals surface area contributed by atoms with Gasteiger partial charge in [-0.1, -0.05) is 6.07 Å². The molecule has 27 heavy (non-hydrogen) atoms. The predicted molar refractivity (Wildman–Crippen MR) is 110 cm³/mol. The Labute approximate surface area is 173 Å². The van der Waals surface area contributed by atoms with Crippen LogP contribution in [0.3, 0.4) is 0 Å². The number of ether oxygens (including phenoxy) is 1. The van der Waals surface area contributed by atoms with Crippen molar-refractivity contribution in [3.63, 3.8) is 0 Å². The van der Waals surface area contributed by atoms with E-state index in [0.29, 0.717) is 36.1 Å². The summed E-state index contributed by atoms with van der Waals surface area (Å²) in [5.41, 5.74) is 1.20. The minimum atomic E-state index is -0.418. The lowest BCUT2D eigenvalue weighted by Crippen LogP contribution is -2.36. The van der Waals surface area contributed by atoms with Crippen LogP contribution in [0.25, 0.3) is 5.65 Å². The number of methoxy groups -OCH3 is 1. The molecule has 0 fully saturated rings. The number of hydrogen-bond donors (Lipinski definition) is 2. The number of rotatable bonds is 5. The van der Waals surface area contributed by atoms with Crippen LogP contribution in [0.1, 0.15) is 27.7 Å². The Morgan fingerprint density at radius 2 is 2.07 bits per heavy atom. The molecule has 0 atom stereocenters. The lowest BCUT2D eigenvalue weighted by Gasteiger charge is -2.10. The number of aryl methyl sites for hydroxylation is 1. The summed E-state index contributed by atoms with van der Waals surface area (Å²) in [5.74, 6) is 2.06. The van der Waals surface area contributed by atoms with Gasteiger partial charge in [-0.15, -0.1) is 34.2 Å². The number of nitrogens with zero attached hydrogens (tertiary/aromatic N) is 4. The first kappa shape index (κ1) is 20.7. The fourth-order valence-corrected chi connectivity index (χ4v) is 2.51. The molecule has 10 heteroatoms. The maximum absolute atomic E-state index is 11.6. The molecular weight excluding hydrogens is 463 g/mol. The monoisotopic (exact) mass is 484 g/mol. The fourth-order valence-electron chi connectivity index (χ4n) is 2.51. The van der Waals surface area contributed by atoms with Crippen LogP contribution in [0.5, 0.6) is 0 Å². The van der Waals surface area contributed by atoms with Gasteiger partial charge in [0.1, 0.15) is 17.1 Å². The summed E-state index contributed by atoms with van der Waals surface area (Å²) in [5, 5.41) is 14.6. The Hall–Kier alpha value is -2.63. The normalized spacial score (nSPS) is 11.1. The largest absolute Gasteiger partial charge is 0.465 e. The van der Waals surface area contributed by atoms with Gasteiger partial charge < -0.3 is 19.8 Å². The van der Waals surface area contributed by atoms with Crippen molar-refractivity contribution >= 4 is 41.6 Å². The molecule has 0 aromatic carbocycles. The number of aliphatic imine (C=N–C) groups is 1. The third-order valence-corrected chi connectivity index (χ3v) is 3.83. The van der Waals surface area contributed by atoms with Crippen LogP contribution in [-0.4, -0.2) is 40.7 Å². The number of hydrogen-bond acceptors (Lipinski definition) is 6. The zero-order valence-corrected chi connectivity index (χ0v) is 17.6. The summed E-state index contributed by atoms with van der Waals surface area (Å²) in [6.45, 7) is 2.55. The van der Waals surface area contributed by atoms with E-state index in [9.17, 15) is 4.79 Å². The molecule has 0 radical (unpaired) electrons. The van der Waals surface area contributed by atoms with E-state index in [0.717, 1.165) is 11.5 Å². The molecule has 0 spiro atoms. The molecule has 0 aliphatic heterocycles.